The number of nitrogens with zero attached hydrogens (tertiary/aromatic N) is 5. The van der Waals surface area contributed by atoms with E-state index in [1.165, 1.54) is 4.80 Å². The van der Waals surface area contributed by atoms with E-state index in [4.69, 9.17) is 0 Å². The maximum absolute atomic E-state index is 4.16. The summed E-state index contributed by atoms with van der Waals surface area (Å²) in [6.07, 6.45) is 0. The Morgan fingerprint density at radius 2 is 2.43 bits per heavy atom. The molecule has 14 heavy (non-hydrogen) atoms. The molecule has 0 spiro atoms. The van der Waals surface area contributed by atoms with E-state index < -0.39 is 0 Å². The van der Waals surface area contributed by atoms with Crippen LogP contribution in [0, 0.1) is 0 Å². The second-order valence-electron chi connectivity index (χ2n) is 3.79. The maximum Gasteiger partial charge on any atom is 0.188 e. The van der Waals surface area contributed by atoms with Crippen molar-refractivity contribution in [1.82, 2.24) is 30.4 Å². The summed E-state index contributed by atoms with van der Waals surface area (Å²) in [7, 11) is 1.79. The van der Waals surface area contributed by atoms with Gasteiger partial charge in [-0.25, -0.2) is 0 Å². The molecule has 0 amide bonds. The predicted octanol–water partition coefficient (Wildman–Crippen LogP) is -0.996. The van der Waals surface area contributed by atoms with Crippen molar-refractivity contribution in [3.63, 3.8) is 0 Å². The monoisotopic (exact) mass is 196 g/mol. The van der Waals surface area contributed by atoms with Crippen molar-refractivity contribution in [1.29, 1.82) is 0 Å². The van der Waals surface area contributed by atoms with Crippen molar-refractivity contribution in [2.75, 3.05) is 19.6 Å². The zero-order chi connectivity index (χ0) is 9.97. The Bertz CT molecular complexity index is 296. The molecule has 0 radical (unpaired) electrons. The topological polar surface area (TPSA) is 58.9 Å². The minimum absolute atomic E-state index is 0.556. The third-order valence-corrected chi connectivity index (χ3v) is 2.37. The number of aromatic nitrogens is 4. The van der Waals surface area contributed by atoms with E-state index in [0.29, 0.717) is 6.04 Å². The van der Waals surface area contributed by atoms with Gasteiger partial charge in [0.05, 0.1) is 13.6 Å². The minimum atomic E-state index is 0.556. The highest BCUT2D eigenvalue weighted by Crippen LogP contribution is 2.02. The van der Waals surface area contributed by atoms with E-state index in [-0.39, 0.29) is 0 Å². The lowest BCUT2D eigenvalue weighted by molar-refractivity contribution is 0.195. The number of rotatable bonds is 2. The molecule has 1 N–H and O–H groups in total. The van der Waals surface area contributed by atoms with Crippen LogP contribution in [0.4, 0.5) is 0 Å². The lowest BCUT2D eigenvalue weighted by Crippen LogP contribution is -2.48. The first-order valence-corrected chi connectivity index (χ1v) is 4.92. The molecule has 1 fully saturated rings. The zero-order valence-electron chi connectivity index (χ0n) is 8.64. The van der Waals surface area contributed by atoms with Crippen LogP contribution >= 0.6 is 0 Å². The Labute approximate surface area is 83.3 Å². The third-order valence-electron chi connectivity index (χ3n) is 2.37. The van der Waals surface area contributed by atoms with Crippen LogP contribution in [-0.4, -0.2) is 50.8 Å². The van der Waals surface area contributed by atoms with Gasteiger partial charge in [0.2, 0.25) is 0 Å². The fourth-order valence-electron chi connectivity index (χ4n) is 1.74. The van der Waals surface area contributed by atoms with E-state index in [9.17, 15) is 0 Å². The molecule has 2 rings (SSSR count). The fraction of sp³-hybridized carbons (Fsp3) is 0.875. The maximum atomic E-state index is 4.16. The Hall–Kier alpha value is -1.01. The van der Waals surface area contributed by atoms with Crippen LogP contribution in [0.1, 0.15) is 12.7 Å². The van der Waals surface area contributed by atoms with Gasteiger partial charge in [0.1, 0.15) is 0 Å². The zero-order valence-corrected chi connectivity index (χ0v) is 8.64. The van der Waals surface area contributed by atoms with Gasteiger partial charge in [-0.3, -0.25) is 4.90 Å². The minimum Gasteiger partial charge on any atom is -0.312 e. The summed E-state index contributed by atoms with van der Waals surface area (Å²) >= 11 is 0. The Morgan fingerprint density at radius 1 is 1.57 bits per heavy atom. The molecule has 1 saturated heterocycles. The van der Waals surface area contributed by atoms with Gasteiger partial charge in [-0.15, -0.1) is 10.2 Å². The summed E-state index contributed by atoms with van der Waals surface area (Å²) in [6.45, 7) is 6.15. The van der Waals surface area contributed by atoms with Gasteiger partial charge in [-0.2, -0.15) is 4.80 Å². The molecule has 1 aliphatic heterocycles. The van der Waals surface area contributed by atoms with E-state index in [0.717, 1.165) is 32.0 Å². The van der Waals surface area contributed by atoms with Crippen LogP contribution in [0.25, 0.3) is 0 Å². The van der Waals surface area contributed by atoms with E-state index >= 15 is 0 Å². The van der Waals surface area contributed by atoms with Crippen LogP contribution in [0.5, 0.6) is 0 Å². The molecule has 6 nitrogen and oxygen atoms in total. The van der Waals surface area contributed by atoms with E-state index in [1.807, 2.05) is 0 Å². The standard InChI is InChI=1S/C8H16N6/c1-7-5-14(4-3-9-7)6-8-10-12-13(2)11-8/h7,9H,3-6H2,1-2H3/t7-/m1/s1. The molecule has 1 aliphatic rings. The summed E-state index contributed by atoms with van der Waals surface area (Å²) in [5.74, 6) is 0.807. The molecule has 1 aromatic heterocycles. The Balaban J connectivity index is 1.90. The summed E-state index contributed by atoms with van der Waals surface area (Å²) in [5.41, 5.74) is 0. The quantitative estimate of drug-likeness (QED) is 0.657. The van der Waals surface area contributed by atoms with Crippen molar-refractivity contribution in [2.45, 2.75) is 19.5 Å². The largest absolute Gasteiger partial charge is 0.312 e. The van der Waals surface area contributed by atoms with Crippen molar-refractivity contribution >= 4 is 0 Å². The molecule has 0 bridgehead atoms. The fourth-order valence-corrected chi connectivity index (χ4v) is 1.74. The molecule has 2 heterocycles. The highest BCUT2D eigenvalue weighted by atomic mass is 15.6. The lowest BCUT2D eigenvalue weighted by Gasteiger charge is -2.30. The summed E-state index contributed by atoms with van der Waals surface area (Å²) in [5, 5.41) is 15.4. The van der Waals surface area contributed by atoms with Crippen LogP contribution in [0.2, 0.25) is 0 Å². The Morgan fingerprint density at radius 3 is 3.07 bits per heavy atom. The molecule has 0 aromatic carbocycles. The average Bonchev–Trinajstić information content (AvgIpc) is 2.51. The lowest BCUT2D eigenvalue weighted by atomic mass is 10.2. The number of aryl methyl sites for hydroxylation is 1. The number of hydrogen-bond acceptors (Lipinski definition) is 5. The van der Waals surface area contributed by atoms with Crippen LogP contribution in [-0.2, 0) is 13.6 Å². The number of tetrazole rings is 1. The van der Waals surface area contributed by atoms with E-state index in [2.05, 4.69) is 32.6 Å². The van der Waals surface area contributed by atoms with Crippen molar-refractivity contribution in [3.8, 4) is 0 Å². The normalized spacial score (nSPS) is 24.0. The van der Waals surface area contributed by atoms with Crippen molar-refractivity contribution < 1.29 is 0 Å². The van der Waals surface area contributed by atoms with Gasteiger partial charge in [0.25, 0.3) is 0 Å². The van der Waals surface area contributed by atoms with Crippen molar-refractivity contribution in [2.24, 2.45) is 7.05 Å². The van der Waals surface area contributed by atoms with Crippen LogP contribution < -0.4 is 5.32 Å². The first kappa shape index (κ1) is 9.54. The van der Waals surface area contributed by atoms with Gasteiger partial charge in [-0.1, -0.05) is 0 Å². The summed E-state index contributed by atoms with van der Waals surface area (Å²) in [6, 6.07) is 0.556. The SMILES string of the molecule is C[C@@H]1CN(Cc2nnn(C)n2)CCN1. The highest BCUT2D eigenvalue weighted by molar-refractivity contribution is 4.81. The second kappa shape index (κ2) is 4.02. The molecule has 78 valence electrons. The molecule has 0 saturated carbocycles. The third kappa shape index (κ3) is 2.27. The molecule has 1 atom stereocenters. The Kier molecular flexibility index (Phi) is 2.74. The van der Waals surface area contributed by atoms with Crippen LogP contribution in [0.3, 0.4) is 0 Å². The first-order valence-electron chi connectivity index (χ1n) is 4.92. The van der Waals surface area contributed by atoms with Crippen molar-refractivity contribution in [3.05, 3.63) is 5.82 Å². The smallest absolute Gasteiger partial charge is 0.188 e. The van der Waals surface area contributed by atoms with Gasteiger partial charge >= 0.3 is 0 Å². The number of piperazine rings is 1. The molecular formula is C8H16N6. The molecule has 0 aliphatic carbocycles. The summed E-state index contributed by atoms with van der Waals surface area (Å²) < 4.78 is 0. The molecule has 6 heteroatoms. The van der Waals surface area contributed by atoms with Crippen LogP contribution in [0.15, 0.2) is 0 Å². The average molecular weight is 196 g/mol. The number of hydrogen-bond donors (Lipinski definition) is 1. The predicted molar refractivity (Wildman–Crippen MR) is 51.5 cm³/mol. The second-order valence-corrected chi connectivity index (χ2v) is 3.79. The highest BCUT2D eigenvalue weighted by Gasteiger charge is 2.16. The molecule has 0 unspecified atom stereocenters. The van der Waals surface area contributed by atoms with Gasteiger partial charge in [-0.05, 0) is 12.1 Å². The molecular weight excluding hydrogens is 180 g/mol. The van der Waals surface area contributed by atoms with Gasteiger partial charge in [0.15, 0.2) is 5.82 Å². The molecule has 1 aromatic rings. The van der Waals surface area contributed by atoms with Gasteiger partial charge in [0, 0.05) is 25.7 Å². The van der Waals surface area contributed by atoms with Gasteiger partial charge < -0.3 is 5.32 Å². The van der Waals surface area contributed by atoms with E-state index in [1.54, 1.807) is 7.05 Å². The summed E-state index contributed by atoms with van der Waals surface area (Å²) in [4.78, 5) is 3.85. The number of nitrogens with one attached hydrogen (secondary N) is 1. The first-order chi connectivity index (χ1) is 6.74.